The van der Waals surface area contributed by atoms with Gasteiger partial charge in [0, 0.05) is 6.20 Å². The predicted octanol–water partition coefficient (Wildman–Crippen LogP) is 3.60. The van der Waals surface area contributed by atoms with Crippen molar-refractivity contribution in [3.8, 4) is 0 Å². The van der Waals surface area contributed by atoms with Gasteiger partial charge >= 0.3 is 0 Å². The number of benzene rings is 2. The van der Waals surface area contributed by atoms with Gasteiger partial charge in [0.2, 0.25) is 0 Å². The molecule has 24 heavy (non-hydrogen) atoms. The molecule has 122 valence electrons. The number of carbonyl (C=O) groups is 1. The fourth-order valence-electron chi connectivity index (χ4n) is 2.21. The Kier molecular flexibility index (Phi) is 4.33. The molecule has 3 rings (SSSR count). The van der Waals surface area contributed by atoms with Crippen LogP contribution < -0.4 is 5.32 Å². The van der Waals surface area contributed by atoms with Crippen LogP contribution in [0, 0.1) is 17.5 Å². The first-order valence-corrected chi connectivity index (χ1v) is 7.05. The zero-order chi connectivity index (χ0) is 17.1. The van der Waals surface area contributed by atoms with Crippen LogP contribution in [0.25, 0.3) is 0 Å². The number of nitrogens with zero attached hydrogens (tertiary/aromatic N) is 2. The topological polar surface area (TPSA) is 46.9 Å². The van der Waals surface area contributed by atoms with E-state index in [2.05, 4.69) is 10.4 Å². The molecule has 0 radical (unpaired) electrons. The lowest BCUT2D eigenvalue weighted by atomic mass is 10.2. The van der Waals surface area contributed by atoms with Crippen molar-refractivity contribution < 1.29 is 18.0 Å². The number of aromatic nitrogens is 2. The van der Waals surface area contributed by atoms with Gasteiger partial charge in [-0.15, -0.1) is 0 Å². The lowest BCUT2D eigenvalue weighted by Gasteiger charge is -2.04. The van der Waals surface area contributed by atoms with Crippen LogP contribution in [-0.4, -0.2) is 15.7 Å². The highest BCUT2D eigenvalue weighted by atomic mass is 19.2. The van der Waals surface area contributed by atoms with E-state index in [1.54, 1.807) is 12.1 Å². The van der Waals surface area contributed by atoms with Crippen molar-refractivity contribution >= 4 is 11.6 Å². The monoisotopic (exact) mass is 331 g/mol. The number of anilines is 1. The van der Waals surface area contributed by atoms with Gasteiger partial charge in [0.1, 0.15) is 5.82 Å². The third-order valence-electron chi connectivity index (χ3n) is 3.32. The summed E-state index contributed by atoms with van der Waals surface area (Å²) < 4.78 is 41.4. The molecule has 3 aromatic rings. The van der Waals surface area contributed by atoms with Crippen molar-refractivity contribution in [3.63, 3.8) is 0 Å². The molecule has 0 saturated carbocycles. The van der Waals surface area contributed by atoms with Gasteiger partial charge in [-0.2, -0.15) is 5.10 Å². The average Bonchev–Trinajstić information content (AvgIpc) is 2.97. The van der Waals surface area contributed by atoms with Crippen LogP contribution in [0.1, 0.15) is 15.9 Å². The summed E-state index contributed by atoms with van der Waals surface area (Å²) in [6.45, 7) is 0.307. The standard InChI is InChI=1S/C17H12F3N3O/c18-12-4-1-3-11(7-12)9-23-10-13(8-21-23)22-17(24)14-5-2-6-15(19)16(14)20/h1-8,10H,9H2,(H,22,24). The minimum atomic E-state index is -1.21. The van der Waals surface area contributed by atoms with Crippen LogP contribution in [0.4, 0.5) is 18.9 Å². The Labute approximate surface area is 135 Å². The van der Waals surface area contributed by atoms with Gasteiger partial charge in [-0.1, -0.05) is 18.2 Å². The molecular formula is C17H12F3N3O. The van der Waals surface area contributed by atoms with Crippen LogP contribution >= 0.6 is 0 Å². The van der Waals surface area contributed by atoms with E-state index >= 15 is 0 Å². The third-order valence-corrected chi connectivity index (χ3v) is 3.32. The van der Waals surface area contributed by atoms with Gasteiger partial charge < -0.3 is 5.32 Å². The average molecular weight is 331 g/mol. The number of rotatable bonds is 4. The molecule has 0 bridgehead atoms. The van der Waals surface area contributed by atoms with E-state index in [1.165, 1.54) is 41.3 Å². The second-order valence-electron chi connectivity index (χ2n) is 5.11. The molecule has 1 amide bonds. The van der Waals surface area contributed by atoms with Crippen molar-refractivity contribution in [3.05, 3.63) is 83.4 Å². The Balaban J connectivity index is 1.72. The smallest absolute Gasteiger partial charge is 0.258 e. The molecule has 0 unspecified atom stereocenters. The second kappa shape index (κ2) is 6.57. The first-order valence-electron chi connectivity index (χ1n) is 7.05. The van der Waals surface area contributed by atoms with E-state index in [4.69, 9.17) is 0 Å². The normalized spacial score (nSPS) is 10.6. The van der Waals surface area contributed by atoms with Gasteiger partial charge in [-0.05, 0) is 29.8 Å². The third kappa shape index (κ3) is 3.45. The van der Waals surface area contributed by atoms with E-state index < -0.39 is 23.1 Å². The number of nitrogens with one attached hydrogen (secondary N) is 1. The summed E-state index contributed by atoms with van der Waals surface area (Å²) in [4.78, 5) is 12.0. The van der Waals surface area contributed by atoms with E-state index in [1.807, 2.05) is 0 Å². The Morgan fingerprint density at radius 1 is 1.12 bits per heavy atom. The number of hydrogen-bond acceptors (Lipinski definition) is 2. The molecule has 0 saturated heterocycles. The summed E-state index contributed by atoms with van der Waals surface area (Å²) in [6.07, 6.45) is 2.88. The Hall–Kier alpha value is -3.09. The fraction of sp³-hybridized carbons (Fsp3) is 0.0588. The van der Waals surface area contributed by atoms with Gasteiger partial charge in [0.05, 0.1) is 24.0 Å². The molecule has 1 heterocycles. The zero-order valence-corrected chi connectivity index (χ0v) is 12.3. The minimum Gasteiger partial charge on any atom is -0.319 e. The first kappa shape index (κ1) is 15.8. The predicted molar refractivity (Wildman–Crippen MR) is 82.0 cm³/mol. The second-order valence-corrected chi connectivity index (χ2v) is 5.11. The number of halogens is 3. The number of carbonyl (C=O) groups excluding carboxylic acids is 1. The molecule has 1 N–H and O–H groups in total. The van der Waals surface area contributed by atoms with Crippen molar-refractivity contribution in [1.82, 2.24) is 9.78 Å². The maximum atomic E-state index is 13.6. The number of hydrogen-bond donors (Lipinski definition) is 1. The summed E-state index contributed by atoms with van der Waals surface area (Å²) >= 11 is 0. The van der Waals surface area contributed by atoms with Crippen molar-refractivity contribution in [1.29, 1.82) is 0 Å². The summed E-state index contributed by atoms with van der Waals surface area (Å²) in [5, 5.41) is 6.48. The quantitative estimate of drug-likeness (QED) is 0.794. The molecule has 1 aromatic heterocycles. The van der Waals surface area contributed by atoms with Crippen molar-refractivity contribution in [2.45, 2.75) is 6.54 Å². The van der Waals surface area contributed by atoms with Gasteiger partial charge in [0.25, 0.3) is 5.91 Å². The minimum absolute atomic E-state index is 0.307. The lowest BCUT2D eigenvalue weighted by molar-refractivity contribution is 0.102. The number of amides is 1. The summed E-state index contributed by atoms with van der Waals surface area (Å²) in [6, 6.07) is 9.41. The van der Waals surface area contributed by atoms with Crippen LogP contribution in [0.5, 0.6) is 0 Å². The van der Waals surface area contributed by atoms with Crippen LogP contribution in [0.3, 0.4) is 0 Å². The molecule has 0 spiro atoms. The first-order chi connectivity index (χ1) is 11.5. The maximum absolute atomic E-state index is 13.6. The highest BCUT2D eigenvalue weighted by molar-refractivity contribution is 6.04. The summed E-state index contributed by atoms with van der Waals surface area (Å²) in [7, 11) is 0. The highest BCUT2D eigenvalue weighted by Crippen LogP contribution is 2.15. The largest absolute Gasteiger partial charge is 0.319 e. The SMILES string of the molecule is O=C(Nc1cnn(Cc2cccc(F)c2)c1)c1cccc(F)c1F. The molecular weight excluding hydrogens is 319 g/mol. The van der Waals surface area contributed by atoms with E-state index in [0.29, 0.717) is 17.8 Å². The molecule has 0 aliphatic heterocycles. The molecule has 0 atom stereocenters. The van der Waals surface area contributed by atoms with Crippen LogP contribution in [0.2, 0.25) is 0 Å². The molecule has 4 nitrogen and oxygen atoms in total. The van der Waals surface area contributed by atoms with Gasteiger partial charge in [0.15, 0.2) is 11.6 Å². The zero-order valence-electron chi connectivity index (χ0n) is 12.3. The highest BCUT2D eigenvalue weighted by Gasteiger charge is 2.15. The van der Waals surface area contributed by atoms with Crippen molar-refractivity contribution in [2.24, 2.45) is 0 Å². The van der Waals surface area contributed by atoms with E-state index in [9.17, 15) is 18.0 Å². The Bertz CT molecular complexity index is 892. The summed E-state index contributed by atoms with van der Waals surface area (Å²) in [5.41, 5.74) is 0.625. The van der Waals surface area contributed by atoms with E-state index in [0.717, 1.165) is 6.07 Å². The Morgan fingerprint density at radius 2 is 1.92 bits per heavy atom. The van der Waals surface area contributed by atoms with Crippen LogP contribution in [0.15, 0.2) is 54.9 Å². The maximum Gasteiger partial charge on any atom is 0.258 e. The van der Waals surface area contributed by atoms with Gasteiger partial charge in [-0.3, -0.25) is 9.48 Å². The molecule has 2 aromatic carbocycles. The fourth-order valence-corrected chi connectivity index (χ4v) is 2.21. The van der Waals surface area contributed by atoms with Crippen LogP contribution in [-0.2, 0) is 6.54 Å². The molecule has 0 aliphatic rings. The molecule has 0 aliphatic carbocycles. The lowest BCUT2D eigenvalue weighted by Crippen LogP contribution is -2.14. The summed E-state index contributed by atoms with van der Waals surface area (Å²) in [5.74, 6) is -3.43. The Morgan fingerprint density at radius 3 is 2.71 bits per heavy atom. The molecule has 7 heteroatoms. The van der Waals surface area contributed by atoms with Crippen molar-refractivity contribution in [2.75, 3.05) is 5.32 Å². The molecule has 0 fully saturated rings. The van der Waals surface area contributed by atoms with E-state index in [-0.39, 0.29) is 5.82 Å². The van der Waals surface area contributed by atoms with Gasteiger partial charge in [-0.25, -0.2) is 13.2 Å².